The van der Waals surface area contributed by atoms with Crippen LogP contribution in [0.5, 0.6) is 11.5 Å². The van der Waals surface area contributed by atoms with E-state index >= 15 is 0 Å². The summed E-state index contributed by atoms with van der Waals surface area (Å²) in [6, 6.07) is 6.14. The van der Waals surface area contributed by atoms with Gasteiger partial charge in [-0.2, -0.15) is 5.10 Å². The third-order valence-corrected chi connectivity index (χ3v) is 3.41. The van der Waals surface area contributed by atoms with Crippen LogP contribution in [0.4, 0.5) is 0 Å². The number of benzene rings is 1. The molecule has 2 heterocycles. The zero-order chi connectivity index (χ0) is 14.1. The summed E-state index contributed by atoms with van der Waals surface area (Å²) in [6.45, 7) is 6.54. The predicted molar refractivity (Wildman–Crippen MR) is 77.2 cm³/mol. The zero-order valence-corrected chi connectivity index (χ0v) is 11.8. The standard InChI is InChI=1S/C15H19N3O2/c1-10-7-14-15(20-6-5-19-14)9-12(10)13-8-11(2)17-18(13)4-3-16/h7-9H,3-6,16H2,1-2H3. The molecule has 1 aromatic heterocycles. The average Bonchev–Trinajstić information content (AvgIpc) is 2.79. The van der Waals surface area contributed by atoms with Gasteiger partial charge in [-0.1, -0.05) is 0 Å². The largest absolute Gasteiger partial charge is 0.486 e. The van der Waals surface area contributed by atoms with Crippen molar-refractivity contribution in [3.8, 4) is 22.8 Å². The molecule has 5 nitrogen and oxygen atoms in total. The number of hydrogen-bond acceptors (Lipinski definition) is 4. The lowest BCUT2D eigenvalue weighted by atomic mass is 10.0. The van der Waals surface area contributed by atoms with Gasteiger partial charge in [0.15, 0.2) is 11.5 Å². The first kappa shape index (κ1) is 13.0. The molecule has 1 aliphatic rings. The molecule has 0 unspecified atom stereocenters. The van der Waals surface area contributed by atoms with Crippen molar-refractivity contribution in [3.63, 3.8) is 0 Å². The van der Waals surface area contributed by atoms with E-state index in [2.05, 4.69) is 18.1 Å². The van der Waals surface area contributed by atoms with Crippen LogP contribution < -0.4 is 15.2 Å². The van der Waals surface area contributed by atoms with Crippen LogP contribution in [-0.2, 0) is 6.54 Å². The summed E-state index contributed by atoms with van der Waals surface area (Å²) in [7, 11) is 0. The van der Waals surface area contributed by atoms with E-state index in [1.54, 1.807) is 0 Å². The second-order valence-corrected chi connectivity index (χ2v) is 4.99. The topological polar surface area (TPSA) is 62.3 Å². The third kappa shape index (κ3) is 2.25. The number of nitrogens with two attached hydrogens (primary N) is 1. The van der Waals surface area contributed by atoms with Crippen molar-refractivity contribution in [3.05, 3.63) is 29.5 Å². The lowest BCUT2D eigenvalue weighted by Crippen LogP contribution is -2.16. The number of aromatic nitrogens is 2. The molecular weight excluding hydrogens is 254 g/mol. The van der Waals surface area contributed by atoms with E-state index < -0.39 is 0 Å². The molecule has 0 saturated carbocycles. The first-order valence-electron chi connectivity index (χ1n) is 6.84. The Bertz CT molecular complexity index is 634. The monoisotopic (exact) mass is 273 g/mol. The van der Waals surface area contributed by atoms with Gasteiger partial charge in [-0.3, -0.25) is 4.68 Å². The Hall–Kier alpha value is -2.01. The molecule has 1 aromatic carbocycles. The normalized spacial score (nSPS) is 13.6. The highest BCUT2D eigenvalue weighted by Crippen LogP contribution is 2.37. The fourth-order valence-electron chi connectivity index (χ4n) is 2.52. The van der Waals surface area contributed by atoms with Gasteiger partial charge in [0.2, 0.25) is 0 Å². The summed E-state index contributed by atoms with van der Waals surface area (Å²) >= 11 is 0. The molecule has 106 valence electrons. The fourth-order valence-corrected chi connectivity index (χ4v) is 2.52. The lowest BCUT2D eigenvalue weighted by Gasteiger charge is -2.20. The molecule has 3 rings (SSSR count). The van der Waals surface area contributed by atoms with E-state index in [1.165, 1.54) is 0 Å². The van der Waals surface area contributed by atoms with Gasteiger partial charge >= 0.3 is 0 Å². The van der Waals surface area contributed by atoms with Crippen molar-refractivity contribution in [2.45, 2.75) is 20.4 Å². The first-order chi connectivity index (χ1) is 9.69. The molecule has 5 heteroatoms. The van der Waals surface area contributed by atoms with Crippen molar-refractivity contribution in [2.24, 2.45) is 5.73 Å². The number of ether oxygens (including phenoxy) is 2. The molecule has 0 atom stereocenters. The van der Waals surface area contributed by atoms with Gasteiger partial charge in [-0.25, -0.2) is 0 Å². The third-order valence-electron chi connectivity index (χ3n) is 3.41. The lowest BCUT2D eigenvalue weighted by molar-refractivity contribution is 0.171. The molecule has 0 radical (unpaired) electrons. The average molecular weight is 273 g/mol. The number of aryl methyl sites for hydroxylation is 2. The van der Waals surface area contributed by atoms with Crippen LogP contribution in [0.3, 0.4) is 0 Å². The highest BCUT2D eigenvalue weighted by molar-refractivity contribution is 5.69. The van der Waals surface area contributed by atoms with Crippen molar-refractivity contribution in [1.82, 2.24) is 9.78 Å². The second-order valence-electron chi connectivity index (χ2n) is 4.99. The molecular formula is C15H19N3O2. The highest BCUT2D eigenvalue weighted by atomic mass is 16.6. The number of hydrogen-bond donors (Lipinski definition) is 1. The molecule has 2 aromatic rings. The van der Waals surface area contributed by atoms with Crippen LogP contribution in [0.15, 0.2) is 18.2 Å². The summed E-state index contributed by atoms with van der Waals surface area (Å²) in [6.07, 6.45) is 0. The Morgan fingerprint density at radius 1 is 1.15 bits per heavy atom. The Labute approximate surface area is 118 Å². The van der Waals surface area contributed by atoms with Gasteiger partial charge in [-0.15, -0.1) is 0 Å². The zero-order valence-electron chi connectivity index (χ0n) is 11.8. The molecule has 0 spiro atoms. The van der Waals surface area contributed by atoms with E-state index in [0.717, 1.165) is 34.0 Å². The Morgan fingerprint density at radius 3 is 2.55 bits per heavy atom. The summed E-state index contributed by atoms with van der Waals surface area (Å²) in [5.41, 5.74) is 9.98. The van der Waals surface area contributed by atoms with Gasteiger partial charge in [-0.05, 0) is 37.6 Å². The summed E-state index contributed by atoms with van der Waals surface area (Å²) in [5, 5.41) is 4.49. The maximum absolute atomic E-state index is 5.67. The van der Waals surface area contributed by atoms with E-state index in [-0.39, 0.29) is 0 Å². The van der Waals surface area contributed by atoms with E-state index in [1.807, 2.05) is 23.7 Å². The molecule has 0 aliphatic carbocycles. The molecule has 0 fully saturated rings. The number of fused-ring (bicyclic) bond motifs is 1. The Kier molecular flexibility index (Phi) is 3.36. The highest BCUT2D eigenvalue weighted by Gasteiger charge is 2.17. The van der Waals surface area contributed by atoms with E-state index in [4.69, 9.17) is 15.2 Å². The Balaban J connectivity index is 2.09. The quantitative estimate of drug-likeness (QED) is 0.927. The van der Waals surface area contributed by atoms with E-state index in [9.17, 15) is 0 Å². The van der Waals surface area contributed by atoms with Gasteiger partial charge in [0.1, 0.15) is 13.2 Å². The maximum Gasteiger partial charge on any atom is 0.162 e. The smallest absolute Gasteiger partial charge is 0.162 e. The SMILES string of the molecule is Cc1cc(-c2cc3c(cc2C)OCCO3)n(CCN)n1. The molecule has 2 N–H and O–H groups in total. The minimum Gasteiger partial charge on any atom is -0.486 e. The second kappa shape index (κ2) is 5.17. The van der Waals surface area contributed by atoms with Crippen molar-refractivity contribution in [1.29, 1.82) is 0 Å². The summed E-state index contributed by atoms with van der Waals surface area (Å²) in [4.78, 5) is 0. The molecule has 20 heavy (non-hydrogen) atoms. The van der Waals surface area contributed by atoms with Gasteiger partial charge in [0.05, 0.1) is 17.9 Å². The molecule has 1 aliphatic heterocycles. The molecule has 0 amide bonds. The number of nitrogens with zero attached hydrogens (tertiary/aromatic N) is 2. The van der Waals surface area contributed by atoms with Crippen molar-refractivity contribution >= 4 is 0 Å². The van der Waals surface area contributed by atoms with Gasteiger partial charge in [0, 0.05) is 12.1 Å². The minimum absolute atomic E-state index is 0.567. The van der Waals surface area contributed by atoms with Crippen LogP contribution in [0.2, 0.25) is 0 Å². The van der Waals surface area contributed by atoms with Crippen molar-refractivity contribution in [2.75, 3.05) is 19.8 Å². The first-order valence-corrected chi connectivity index (χ1v) is 6.84. The predicted octanol–water partition coefficient (Wildman–Crippen LogP) is 1.90. The van der Waals surface area contributed by atoms with Crippen LogP contribution >= 0.6 is 0 Å². The summed E-state index contributed by atoms with van der Waals surface area (Å²) in [5.74, 6) is 1.62. The van der Waals surface area contributed by atoms with Crippen LogP contribution in [-0.4, -0.2) is 29.5 Å². The fraction of sp³-hybridized carbons (Fsp3) is 0.400. The van der Waals surface area contributed by atoms with Gasteiger partial charge in [0.25, 0.3) is 0 Å². The number of rotatable bonds is 3. The Morgan fingerprint density at radius 2 is 1.85 bits per heavy atom. The minimum atomic E-state index is 0.567. The summed E-state index contributed by atoms with van der Waals surface area (Å²) < 4.78 is 13.2. The van der Waals surface area contributed by atoms with Gasteiger partial charge < -0.3 is 15.2 Å². The molecule has 0 saturated heterocycles. The maximum atomic E-state index is 5.67. The van der Waals surface area contributed by atoms with Crippen LogP contribution in [0, 0.1) is 13.8 Å². The van der Waals surface area contributed by atoms with Crippen LogP contribution in [0.25, 0.3) is 11.3 Å². The van der Waals surface area contributed by atoms with Crippen molar-refractivity contribution < 1.29 is 9.47 Å². The molecule has 0 bridgehead atoms. The van der Waals surface area contributed by atoms with Crippen LogP contribution in [0.1, 0.15) is 11.3 Å². The van der Waals surface area contributed by atoms with E-state index in [0.29, 0.717) is 26.3 Å².